The van der Waals surface area contributed by atoms with Crippen LogP contribution in [-0.2, 0) is 12.8 Å². The minimum atomic E-state index is 0.261. The molecule has 1 aliphatic rings. The normalized spacial score (nSPS) is 18.1. The van der Waals surface area contributed by atoms with E-state index >= 15 is 0 Å². The second-order valence-electron chi connectivity index (χ2n) is 5.02. The first kappa shape index (κ1) is 12.4. The van der Waals surface area contributed by atoms with Crippen molar-refractivity contribution in [1.29, 1.82) is 0 Å². The summed E-state index contributed by atoms with van der Waals surface area (Å²) < 4.78 is 0. The van der Waals surface area contributed by atoms with E-state index in [4.69, 9.17) is 17.3 Å². The lowest BCUT2D eigenvalue weighted by molar-refractivity contribution is 0.540. The molecule has 98 valence electrons. The Bertz CT molecular complexity index is 583. The molecule has 0 bridgehead atoms. The highest BCUT2D eigenvalue weighted by molar-refractivity contribution is 6.28. The summed E-state index contributed by atoms with van der Waals surface area (Å²) in [6.45, 7) is 0. The van der Waals surface area contributed by atoms with Gasteiger partial charge in [0.15, 0.2) is 0 Å². The Morgan fingerprint density at radius 2 is 2.00 bits per heavy atom. The third-order valence-electron chi connectivity index (χ3n) is 3.73. The van der Waals surface area contributed by atoms with Gasteiger partial charge < -0.3 is 5.73 Å². The van der Waals surface area contributed by atoms with Crippen LogP contribution in [-0.4, -0.2) is 9.97 Å². The fraction of sp³-hybridized carbons (Fsp3) is 0.333. The summed E-state index contributed by atoms with van der Waals surface area (Å²) in [4.78, 5) is 8.45. The molecule has 3 nitrogen and oxygen atoms in total. The molecular weight excluding hydrogens is 258 g/mol. The molecular formula is C15H16ClN3. The molecule has 2 aromatic rings. The van der Waals surface area contributed by atoms with E-state index in [2.05, 4.69) is 34.2 Å². The molecule has 1 heterocycles. The van der Waals surface area contributed by atoms with Crippen molar-refractivity contribution >= 4 is 17.4 Å². The summed E-state index contributed by atoms with van der Waals surface area (Å²) in [5, 5.41) is 0.261. The Morgan fingerprint density at radius 3 is 2.79 bits per heavy atom. The fourth-order valence-electron chi connectivity index (χ4n) is 2.90. The minimum Gasteiger partial charge on any atom is -0.383 e. The van der Waals surface area contributed by atoms with Crippen LogP contribution in [0.5, 0.6) is 0 Å². The van der Waals surface area contributed by atoms with Gasteiger partial charge in [-0.05, 0) is 48.8 Å². The van der Waals surface area contributed by atoms with Gasteiger partial charge in [-0.25, -0.2) is 9.97 Å². The molecule has 4 heteroatoms. The summed E-state index contributed by atoms with van der Waals surface area (Å²) in [5.74, 6) is 0.957. The molecule has 0 amide bonds. The summed E-state index contributed by atoms with van der Waals surface area (Å²) in [5.41, 5.74) is 9.52. The number of anilines is 1. The van der Waals surface area contributed by atoms with Crippen molar-refractivity contribution < 1.29 is 0 Å². The standard InChI is InChI=1S/C15H16ClN3/c16-15-18-12-8-4-7-11(13(12)14(17)19-15)9-10-5-2-1-3-6-10/h1-3,5-6,11H,4,7-9H2,(H2,17,18,19). The summed E-state index contributed by atoms with van der Waals surface area (Å²) >= 11 is 5.89. The highest BCUT2D eigenvalue weighted by Gasteiger charge is 2.25. The average Bonchev–Trinajstić information content (AvgIpc) is 2.39. The fourth-order valence-corrected chi connectivity index (χ4v) is 3.10. The van der Waals surface area contributed by atoms with Crippen LogP contribution >= 0.6 is 11.6 Å². The molecule has 19 heavy (non-hydrogen) atoms. The lowest BCUT2D eigenvalue weighted by atomic mass is 9.82. The predicted molar refractivity (Wildman–Crippen MR) is 77.3 cm³/mol. The lowest BCUT2D eigenvalue weighted by Crippen LogP contribution is -2.17. The number of nitrogens with zero attached hydrogens (tertiary/aromatic N) is 2. The summed E-state index contributed by atoms with van der Waals surface area (Å²) in [6.07, 6.45) is 4.21. The molecule has 1 aliphatic carbocycles. The number of nitrogen functional groups attached to an aromatic ring is 1. The average molecular weight is 274 g/mol. The Labute approximate surface area is 117 Å². The van der Waals surface area contributed by atoms with Gasteiger partial charge in [-0.1, -0.05) is 30.3 Å². The largest absolute Gasteiger partial charge is 0.383 e. The van der Waals surface area contributed by atoms with E-state index in [1.807, 2.05) is 6.07 Å². The van der Waals surface area contributed by atoms with Crippen LogP contribution < -0.4 is 5.73 Å². The molecule has 0 fully saturated rings. The van der Waals surface area contributed by atoms with Crippen LogP contribution in [0.3, 0.4) is 0 Å². The van der Waals surface area contributed by atoms with E-state index in [9.17, 15) is 0 Å². The smallest absolute Gasteiger partial charge is 0.224 e. The van der Waals surface area contributed by atoms with Crippen molar-refractivity contribution in [3.8, 4) is 0 Å². The molecule has 0 saturated carbocycles. The highest BCUT2D eigenvalue weighted by Crippen LogP contribution is 2.36. The Morgan fingerprint density at radius 1 is 1.21 bits per heavy atom. The maximum Gasteiger partial charge on any atom is 0.224 e. The molecule has 0 spiro atoms. The molecule has 0 aliphatic heterocycles. The number of hydrogen-bond acceptors (Lipinski definition) is 3. The maximum absolute atomic E-state index is 6.05. The van der Waals surface area contributed by atoms with Crippen molar-refractivity contribution in [2.24, 2.45) is 0 Å². The van der Waals surface area contributed by atoms with Crippen LogP contribution in [0.4, 0.5) is 5.82 Å². The van der Waals surface area contributed by atoms with Gasteiger partial charge >= 0.3 is 0 Å². The lowest BCUT2D eigenvalue weighted by Gasteiger charge is -2.25. The van der Waals surface area contributed by atoms with Crippen molar-refractivity contribution in [2.75, 3.05) is 5.73 Å². The molecule has 0 radical (unpaired) electrons. The number of fused-ring (bicyclic) bond motifs is 1. The molecule has 1 unspecified atom stereocenters. The third-order valence-corrected chi connectivity index (χ3v) is 3.90. The van der Waals surface area contributed by atoms with E-state index in [0.29, 0.717) is 11.7 Å². The molecule has 2 N–H and O–H groups in total. The van der Waals surface area contributed by atoms with Crippen molar-refractivity contribution in [2.45, 2.75) is 31.6 Å². The van der Waals surface area contributed by atoms with Crippen LogP contribution in [0.2, 0.25) is 5.28 Å². The molecule has 1 aromatic heterocycles. The zero-order valence-corrected chi connectivity index (χ0v) is 11.4. The summed E-state index contributed by atoms with van der Waals surface area (Å²) in [6, 6.07) is 10.5. The number of rotatable bonds is 2. The highest BCUT2D eigenvalue weighted by atomic mass is 35.5. The van der Waals surface area contributed by atoms with Gasteiger partial charge in [-0.15, -0.1) is 0 Å². The summed E-state index contributed by atoms with van der Waals surface area (Å²) in [7, 11) is 0. The first-order valence-corrected chi connectivity index (χ1v) is 6.97. The van der Waals surface area contributed by atoms with Crippen LogP contribution in [0, 0.1) is 0 Å². The van der Waals surface area contributed by atoms with Gasteiger partial charge in [-0.3, -0.25) is 0 Å². The van der Waals surface area contributed by atoms with Crippen LogP contribution in [0.15, 0.2) is 30.3 Å². The predicted octanol–water partition coefficient (Wildman–Crippen LogP) is 3.37. The minimum absolute atomic E-state index is 0.261. The molecule has 1 atom stereocenters. The van der Waals surface area contributed by atoms with Crippen LogP contribution in [0.25, 0.3) is 0 Å². The molecule has 0 saturated heterocycles. The zero-order valence-electron chi connectivity index (χ0n) is 10.6. The number of halogens is 1. The number of aromatic nitrogens is 2. The monoisotopic (exact) mass is 273 g/mol. The molecule has 1 aromatic carbocycles. The number of benzene rings is 1. The SMILES string of the molecule is Nc1nc(Cl)nc2c1C(Cc1ccccc1)CCC2. The first-order valence-electron chi connectivity index (χ1n) is 6.60. The van der Waals surface area contributed by atoms with Gasteiger partial charge in [0, 0.05) is 5.56 Å². The van der Waals surface area contributed by atoms with Crippen molar-refractivity contribution in [1.82, 2.24) is 9.97 Å². The first-order chi connectivity index (χ1) is 9.24. The Balaban J connectivity index is 1.94. The second kappa shape index (κ2) is 5.17. The Hall–Kier alpha value is -1.61. The number of hydrogen-bond donors (Lipinski definition) is 1. The van der Waals surface area contributed by atoms with Gasteiger partial charge in [-0.2, -0.15) is 0 Å². The van der Waals surface area contributed by atoms with Crippen molar-refractivity contribution in [3.63, 3.8) is 0 Å². The number of aryl methyl sites for hydroxylation is 1. The van der Waals surface area contributed by atoms with Gasteiger partial charge in [0.1, 0.15) is 5.82 Å². The zero-order chi connectivity index (χ0) is 13.2. The van der Waals surface area contributed by atoms with Crippen LogP contribution in [0.1, 0.15) is 35.6 Å². The molecule has 3 rings (SSSR count). The Kier molecular flexibility index (Phi) is 3.38. The van der Waals surface area contributed by atoms with Gasteiger partial charge in [0.05, 0.1) is 5.69 Å². The topological polar surface area (TPSA) is 51.8 Å². The van der Waals surface area contributed by atoms with E-state index in [0.717, 1.165) is 36.9 Å². The van der Waals surface area contributed by atoms with E-state index in [1.165, 1.54) is 5.56 Å². The van der Waals surface area contributed by atoms with E-state index < -0.39 is 0 Å². The third kappa shape index (κ3) is 2.56. The van der Waals surface area contributed by atoms with Gasteiger partial charge in [0.25, 0.3) is 0 Å². The van der Waals surface area contributed by atoms with Gasteiger partial charge in [0.2, 0.25) is 5.28 Å². The second-order valence-corrected chi connectivity index (χ2v) is 5.36. The number of nitrogens with two attached hydrogens (primary N) is 1. The van der Waals surface area contributed by atoms with E-state index in [1.54, 1.807) is 0 Å². The van der Waals surface area contributed by atoms with Crippen molar-refractivity contribution in [3.05, 3.63) is 52.4 Å². The quantitative estimate of drug-likeness (QED) is 0.854. The van der Waals surface area contributed by atoms with E-state index in [-0.39, 0.29) is 5.28 Å². The maximum atomic E-state index is 6.05.